The average molecular weight is 239 g/mol. The van der Waals surface area contributed by atoms with Crippen LogP contribution in [0.1, 0.15) is 30.1 Å². The van der Waals surface area contributed by atoms with E-state index in [1.807, 2.05) is 6.92 Å². The van der Waals surface area contributed by atoms with E-state index in [1.54, 1.807) is 6.07 Å². The van der Waals surface area contributed by atoms with Crippen LogP contribution in [0, 0.1) is 11.7 Å². The molecule has 4 heteroatoms. The first kappa shape index (κ1) is 13.6. The highest BCUT2D eigenvalue weighted by Crippen LogP contribution is 2.20. The molecule has 0 aromatic heterocycles. The molecule has 1 rings (SSSR count). The molecule has 0 saturated carbocycles. The van der Waals surface area contributed by atoms with E-state index in [2.05, 4.69) is 0 Å². The summed E-state index contributed by atoms with van der Waals surface area (Å²) >= 11 is 0. The predicted molar refractivity (Wildman–Crippen MR) is 64.7 cm³/mol. The molecule has 0 aliphatic heterocycles. The van der Waals surface area contributed by atoms with Gasteiger partial charge in [0.15, 0.2) is 17.3 Å². The van der Waals surface area contributed by atoms with Crippen LogP contribution < -0.4 is 10.5 Å². The van der Waals surface area contributed by atoms with Crippen molar-refractivity contribution in [2.75, 3.05) is 13.7 Å². The molecule has 0 saturated heterocycles. The van der Waals surface area contributed by atoms with Gasteiger partial charge in [0.25, 0.3) is 0 Å². The standard InChI is InChI=1S/C13H18FNO2/c1-3-9(8-15)6-12(16)10-4-5-13(17-2)11(14)7-10/h4-5,7,9H,3,6,8,15H2,1-2H3. The predicted octanol–water partition coefficient (Wildman–Crippen LogP) is 2.39. The number of nitrogens with two attached hydrogens (primary N) is 1. The van der Waals surface area contributed by atoms with Crippen LogP contribution >= 0.6 is 0 Å². The van der Waals surface area contributed by atoms with Crippen molar-refractivity contribution in [3.05, 3.63) is 29.6 Å². The zero-order valence-corrected chi connectivity index (χ0v) is 10.2. The monoisotopic (exact) mass is 239 g/mol. The van der Waals surface area contributed by atoms with Gasteiger partial charge >= 0.3 is 0 Å². The van der Waals surface area contributed by atoms with E-state index in [-0.39, 0.29) is 17.5 Å². The van der Waals surface area contributed by atoms with Crippen LogP contribution in [0.3, 0.4) is 0 Å². The van der Waals surface area contributed by atoms with Crippen molar-refractivity contribution in [3.63, 3.8) is 0 Å². The summed E-state index contributed by atoms with van der Waals surface area (Å²) in [5.74, 6) is -0.289. The Bertz CT molecular complexity index is 389. The zero-order valence-electron chi connectivity index (χ0n) is 10.2. The van der Waals surface area contributed by atoms with E-state index >= 15 is 0 Å². The maximum absolute atomic E-state index is 13.4. The largest absolute Gasteiger partial charge is 0.494 e. The highest BCUT2D eigenvalue weighted by atomic mass is 19.1. The summed E-state index contributed by atoms with van der Waals surface area (Å²) in [6, 6.07) is 4.25. The number of rotatable bonds is 6. The molecule has 0 aliphatic carbocycles. The van der Waals surface area contributed by atoms with Gasteiger partial charge in [-0.1, -0.05) is 13.3 Å². The Hall–Kier alpha value is -1.42. The summed E-state index contributed by atoms with van der Waals surface area (Å²) < 4.78 is 18.2. The molecule has 1 unspecified atom stereocenters. The van der Waals surface area contributed by atoms with E-state index in [1.165, 1.54) is 19.2 Å². The Morgan fingerprint density at radius 2 is 2.24 bits per heavy atom. The van der Waals surface area contributed by atoms with Crippen LogP contribution in [-0.2, 0) is 0 Å². The summed E-state index contributed by atoms with van der Waals surface area (Å²) in [5.41, 5.74) is 5.91. The van der Waals surface area contributed by atoms with Crippen molar-refractivity contribution in [3.8, 4) is 5.75 Å². The lowest BCUT2D eigenvalue weighted by Gasteiger charge is -2.11. The third-order valence-electron chi connectivity index (χ3n) is 2.86. The van der Waals surface area contributed by atoms with Crippen molar-refractivity contribution in [2.24, 2.45) is 11.7 Å². The Kier molecular flexibility index (Phi) is 5.10. The molecular weight excluding hydrogens is 221 g/mol. The summed E-state index contributed by atoms with van der Waals surface area (Å²) in [6.45, 7) is 2.46. The summed E-state index contributed by atoms with van der Waals surface area (Å²) in [4.78, 5) is 11.9. The first-order valence-corrected chi connectivity index (χ1v) is 5.69. The number of halogens is 1. The highest BCUT2D eigenvalue weighted by Gasteiger charge is 2.14. The maximum atomic E-state index is 13.4. The van der Waals surface area contributed by atoms with Gasteiger partial charge in [-0.2, -0.15) is 0 Å². The Morgan fingerprint density at radius 3 is 2.71 bits per heavy atom. The SMILES string of the molecule is CCC(CN)CC(=O)c1ccc(OC)c(F)c1. The van der Waals surface area contributed by atoms with Crippen molar-refractivity contribution in [2.45, 2.75) is 19.8 Å². The van der Waals surface area contributed by atoms with E-state index in [9.17, 15) is 9.18 Å². The molecule has 1 atom stereocenters. The van der Waals surface area contributed by atoms with Gasteiger partial charge in [-0.05, 0) is 30.7 Å². The Morgan fingerprint density at radius 1 is 1.53 bits per heavy atom. The number of carbonyl (C=O) groups excluding carboxylic acids is 1. The molecule has 1 aromatic carbocycles. The fraction of sp³-hybridized carbons (Fsp3) is 0.462. The van der Waals surface area contributed by atoms with Gasteiger partial charge < -0.3 is 10.5 Å². The van der Waals surface area contributed by atoms with Crippen molar-refractivity contribution in [1.29, 1.82) is 0 Å². The van der Waals surface area contributed by atoms with E-state index in [0.29, 0.717) is 18.5 Å². The number of ether oxygens (including phenoxy) is 1. The van der Waals surface area contributed by atoms with Crippen LogP contribution in [-0.4, -0.2) is 19.4 Å². The van der Waals surface area contributed by atoms with Gasteiger partial charge in [0.05, 0.1) is 7.11 Å². The average Bonchev–Trinajstić information content (AvgIpc) is 2.35. The van der Waals surface area contributed by atoms with Crippen molar-refractivity contribution < 1.29 is 13.9 Å². The number of benzene rings is 1. The second kappa shape index (κ2) is 6.35. The van der Waals surface area contributed by atoms with Gasteiger partial charge in [0.1, 0.15) is 0 Å². The summed E-state index contributed by atoms with van der Waals surface area (Å²) in [5, 5.41) is 0. The number of ketones is 1. The second-order valence-electron chi connectivity index (χ2n) is 3.99. The van der Waals surface area contributed by atoms with Crippen LogP contribution in [0.15, 0.2) is 18.2 Å². The molecule has 0 fully saturated rings. The van der Waals surface area contributed by atoms with Crippen LogP contribution in [0.25, 0.3) is 0 Å². The van der Waals surface area contributed by atoms with Gasteiger partial charge in [0, 0.05) is 12.0 Å². The fourth-order valence-electron chi connectivity index (χ4n) is 1.61. The molecule has 0 radical (unpaired) electrons. The molecule has 0 amide bonds. The van der Waals surface area contributed by atoms with Crippen LogP contribution in [0.5, 0.6) is 5.75 Å². The molecule has 0 heterocycles. The molecule has 1 aromatic rings. The zero-order chi connectivity index (χ0) is 12.8. The molecule has 3 nitrogen and oxygen atoms in total. The molecule has 0 bridgehead atoms. The molecule has 0 spiro atoms. The Labute approximate surface area is 101 Å². The van der Waals surface area contributed by atoms with Crippen molar-refractivity contribution >= 4 is 5.78 Å². The van der Waals surface area contributed by atoms with Crippen LogP contribution in [0.4, 0.5) is 4.39 Å². The lowest BCUT2D eigenvalue weighted by atomic mass is 9.96. The van der Waals surface area contributed by atoms with Crippen LogP contribution in [0.2, 0.25) is 0 Å². The first-order valence-electron chi connectivity index (χ1n) is 5.69. The van der Waals surface area contributed by atoms with Crippen molar-refractivity contribution in [1.82, 2.24) is 0 Å². The minimum absolute atomic E-state index is 0.0798. The van der Waals surface area contributed by atoms with E-state index in [0.717, 1.165) is 6.42 Å². The van der Waals surface area contributed by atoms with E-state index < -0.39 is 5.82 Å². The summed E-state index contributed by atoms with van der Waals surface area (Å²) in [7, 11) is 1.39. The Balaban J connectivity index is 2.79. The third-order valence-corrected chi connectivity index (χ3v) is 2.86. The molecular formula is C13H18FNO2. The first-order chi connectivity index (χ1) is 8.12. The minimum atomic E-state index is -0.515. The highest BCUT2D eigenvalue weighted by molar-refractivity contribution is 5.96. The number of carbonyl (C=O) groups is 1. The second-order valence-corrected chi connectivity index (χ2v) is 3.99. The molecule has 17 heavy (non-hydrogen) atoms. The summed E-state index contributed by atoms with van der Waals surface area (Å²) in [6.07, 6.45) is 1.21. The quantitative estimate of drug-likeness (QED) is 0.775. The van der Waals surface area contributed by atoms with Gasteiger partial charge in [-0.25, -0.2) is 4.39 Å². The molecule has 94 valence electrons. The number of methoxy groups -OCH3 is 1. The van der Waals surface area contributed by atoms with Gasteiger partial charge in [-0.15, -0.1) is 0 Å². The maximum Gasteiger partial charge on any atom is 0.165 e. The number of hydrogen-bond donors (Lipinski definition) is 1. The number of Topliss-reactive ketones (excluding diaryl/α,β-unsaturated/α-hetero) is 1. The molecule has 2 N–H and O–H groups in total. The number of hydrogen-bond acceptors (Lipinski definition) is 3. The fourth-order valence-corrected chi connectivity index (χ4v) is 1.61. The molecule has 0 aliphatic rings. The third kappa shape index (κ3) is 3.53. The van der Waals surface area contributed by atoms with Gasteiger partial charge in [0.2, 0.25) is 0 Å². The van der Waals surface area contributed by atoms with E-state index in [4.69, 9.17) is 10.5 Å². The van der Waals surface area contributed by atoms with Gasteiger partial charge in [-0.3, -0.25) is 4.79 Å². The lowest BCUT2D eigenvalue weighted by molar-refractivity contribution is 0.0961. The topological polar surface area (TPSA) is 52.3 Å². The minimum Gasteiger partial charge on any atom is -0.494 e. The lowest BCUT2D eigenvalue weighted by Crippen LogP contribution is -2.17. The normalized spacial score (nSPS) is 12.2. The smallest absolute Gasteiger partial charge is 0.165 e.